The summed E-state index contributed by atoms with van der Waals surface area (Å²) in [7, 11) is 0.409. The Balaban J connectivity index is 1.73. The van der Waals surface area contributed by atoms with Gasteiger partial charge >= 0.3 is 0 Å². The molecule has 0 unspecified atom stereocenters. The van der Waals surface area contributed by atoms with E-state index in [2.05, 4.69) is 0 Å². The minimum Gasteiger partial charge on any atom is -0.483 e. The first-order valence-corrected chi connectivity index (χ1v) is 10.00. The van der Waals surface area contributed by atoms with Crippen LogP contribution in [0.15, 0.2) is 42.5 Å². The standard InChI is InChI=1S/C18H22N2O4S/c1-19(2)20(15-10-11-25(22,23)13-15)18(21)12-24-17-9-5-7-14-6-3-4-8-16(14)17/h3-9,15H,10-13H2,1-2H3/t15-/m1/s1. The van der Waals surface area contributed by atoms with Crippen molar-refractivity contribution in [3.05, 3.63) is 42.5 Å². The fourth-order valence-electron chi connectivity index (χ4n) is 3.25. The summed E-state index contributed by atoms with van der Waals surface area (Å²) in [5, 5.41) is 5.12. The molecule has 134 valence electrons. The Kier molecular flexibility index (Phi) is 4.96. The molecule has 0 aliphatic carbocycles. The van der Waals surface area contributed by atoms with Crippen LogP contribution in [0.3, 0.4) is 0 Å². The Morgan fingerprint density at radius 3 is 2.56 bits per heavy atom. The van der Waals surface area contributed by atoms with Crippen LogP contribution >= 0.6 is 0 Å². The summed E-state index contributed by atoms with van der Waals surface area (Å²) in [6.45, 7) is -0.136. The largest absolute Gasteiger partial charge is 0.483 e. The number of ether oxygens (including phenoxy) is 1. The van der Waals surface area contributed by atoms with Crippen molar-refractivity contribution in [1.29, 1.82) is 0 Å². The quantitative estimate of drug-likeness (QED) is 0.758. The Labute approximate surface area is 147 Å². The van der Waals surface area contributed by atoms with Gasteiger partial charge in [0.25, 0.3) is 5.91 Å². The molecule has 7 heteroatoms. The smallest absolute Gasteiger partial charge is 0.275 e. The van der Waals surface area contributed by atoms with Crippen LogP contribution in [-0.2, 0) is 14.6 Å². The molecule has 2 aromatic rings. The second-order valence-corrected chi connectivity index (χ2v) is 8.64. The van der Waals surface area contributed by atoms with Crippen LogP contribution in [0.2, 0.25) is 0 Å². The van der Waals surface area contributed by atoms with E-state index in [4.69, 9.17) is 4.74 Å². The van der Waals surface area contributed by atoms with Crippen LogP contribution in [0, 0.1) is 0 Å². The third-order valence-corrected chi connectivity index (χ3v) is 6.09. The molecule has 1 heterocycles. The Bertz CT molecular complexity index is 874. The molecule has 0 N–H and O–H groups in total. The molecule has 0 aromatic heterocycles. The number of nitrogens with zero attached hydrogens (tertiary/aromatic N) is 2. The van der Waals surface area contributed by atoms with Crippen molar-refractivity contribution in [3.8, 4) is 5.75 Å². The first kappa shape index (κ1) is 17.7. The van der Waals surface area contributed by atoms with E-state index in [0.29, 0.717) is 12.2 Å². The van der Waals surface area contributed by atoms with Gasteiger partial charge in [-0.25, -0.2) is 13.4 Å². The van der Waals surface area contributed by atoms with Crippen molar-refractivity contribution in [2.24, 2.45) is 0 Å². The summed E-state index contributed by atoms with van der Waals surface area (Å²) >= 11 is 0. The number of carbonyl (C=O) groups excluding carboxylic acids is 1. The lowest BCUT2D eigenvalue weighted by molar-refractivity contribution is -0.151. The van der Waals surface area contributed by atoms with Gasteiger partial charge in [-0.3, -0.25) is 9.80 Å². The molecule has 0 saturated carbocycles. The average Bonchev–Trinajstić information content (AvgIpc) is 2.92. The zero-order valence-electron chi connectivity index (χ0n) is 14.4. The number of amides is 1. The zero-order chi connectivity index (χ0) is 18.0. The van der Waals surface area contributed by atoms with E-state index in [-0.39, 0.29) is 30.1 Å². The molecule has 1 fully saturated rings. The number of hydrogen-bond donors (Lipinski definition) is 0. The van der Waals surface area contributed by atoms with E-state index in [1.807, 2.05) is 42.5 Å². The lowest BCUT2D eigenvalue weighted by Crippen LogP contribution is -2.51. The number of hydrogen-bond acceptors (Lipinski definition) is 5. The van der Waals surface area contributed by atoms with Gasteiger partial charge in [-0.15, -0.1) is 0 Å². The van der Waals surface area contributed by atoms with E-state index in [1.54, 1.807) is 19.1 Å². The third kappa shape index (κ3) is 3.93. The molecule has 2 aromatic carbocycles. The summed E-state index contributed by atoms with van der Waals surface area (Å²) in [6, 6.07) is 13.2. The highest BCUT2D eigenvalue weighted by Gasteiger charge is 2.36. The summed E-state index contributed by atoms with van der Waals surface area (Å²) < 4.78 is 29.2. The van der Waals surface area contributed by atoms with Crippen LogP contribution in [0.4, 0.5) is 0 Å². The topological polar surface area (TPSA) is 66.9 Å². The number of rotatable bonds is 5. The molecular formula is C18H22N2O4S. The summed E-state index contributed by atoms with van der Waals surface area (Å²) in [5.41, 5.74) is 0. The fourth-order valence-corrected chi connectivity index (χ4v) is 4.94. The summed E-state index contributed by atoms with van der Waals surface area (Å²) in [5.74, 6) is 0.522. The van der Waals surface area contributed by atoms with Gasteiger partial charge in [0.15, 0.2) is 16.4 Å². The van der Waals surface area contributed by atoms with Gasteiger partial charge < -0.3 is 4.74 Å². The number of carbonyl (C=O) groups is 1. The van der Waals surface area contributed by atoms with E-state index >= 15 is 0 Å². The van der Waals surface area contributed by atoms with Gasteiger partial charge in [-0.05, 0) is 17.9 Å². The molecular weight excluding hydrogens is 340 g/mol. The normalized spacial score (nSPS) is 19.2. The van der Waals surface area contributed by atoms with Crippen LogP contribution in [-0.4, -0.2) is 62.6 Å². The minimum atomic E-state index is -3.06. The SMILES string of the molecule is CN(C)N(C(=O)COc1cccc2ccccc12)[C@@H]1CCS(=O)(=O)C1. The summed E-state index contributed by atoms with van der Waals surface area (Å²) in [4.78, 5) is 12.7. The lowest BCUT2D eigenvalue weighted by Gasteiger charge is -2.33. The van der Waals surface area contributed by atoms with Crippen molar-refractivity contribution >= 4 is 26.5 Å². The van der Waals surface area contributed by atoms with E-state index in [0.717, 1.165) is 10.8 Å². The Morgan fingerprint density at radius 1 is 1.16 bits per heavy atom. The monoisotopic (exact) mass is 362 g/mol. The molecule has 3 rings (SSSR count). The van der Waals surface area contributed by atoms with E-state index in [1.165, 1.54) is 5.01 Å². The predicted octanol–water partition coefficient (Wildman–Crippen LogP) is 1.71. The molecule has 1 amide bonds. The van der Waals surface area contributed by atoms with Gasteiger partial charge in [-0.2, -0.15) is 0 Å². The van der Waals surface area contributed by atoms with Gasteiger partial charge in [-0.1, -0.05) is 36.4 Å². The maximum atomic E-state index is 12.7. The van der Waals surface area contributed by atoms with Gasteiger partial charge in [0.05, 0.1) is 17.5 Å². The Morgan fingerprint density at radius 2 is 1.88 bits per heavy atom. The van der Waals surface area contributed by atoms with E-state index in [9.17, 15) is 13.2 Å². The fraction of sp³-hybridized carbons (Fsp3) is 0.389. The molecule has 1 aliphatic heterocycles. The molecule has 0 radical (unpaired) electrons. The lowest BCUT2D eigenvalue weighted by atomic mass is 10.1. The highest BCUT2D eigenvalue weighted by atomic mass is 32.2. The minimum absolute atomic E-state index is 0.00515. The van der Waals surface area contributed by atoms with Crippen molar-refractivity contribution < 1.29 is 17.9 Å². The first-order valence-electron chi connectivity index (χ1n) is 8.18. The Hall–Kier alpha value is -2.12. The second kappa shape index (κ2) is 7.01. The molecule has 0 bridgehead atoms. The highest BCUT2D eigenvalue weighted by Crippen LogP contribution is 2.25. The van der Waals surface area contributed by atoms with Gasteiger partial charge in [0.1, 0.15) is 5.75 Å². The van der Waals surface area contributed by atoms with Crippen LogP contribution in [0.25, 0.3) is 10.8 Å². The van der Waals surface area contributed by atoms with Gasteiger partial charge in [0.2, 0.25) is 0 Å². The highest BCUT2D eigenvalue weighted by molar-refractivity contribution is 7.91. The van der Waals surface area contributed by atoms with E-state index < -0.39 is 9.84 Å². The maximum Gasteiger partial charge on any atom is 0.275 e. The molecule has 1 saturated heterocycles. The molecule has 25 heavy (non-hydrogen) atoms. The molecule has 1 atom stereocenters. The molecule has 0 spiro atoms. The van der Waals surface area contributed by atoms with Crippen LogP contribution in [0.1, 0.15) is 6.42 Å². The molecule has 1 aliphatic rings. The number of benzene rings is 2. The third-order valence-electron chi connectivity index (χ3n) is 4.34. The maximum absolute atomic E-state index is 12.7. The second-order valence-electron chi connectivity index (χ2n) is 6.41. The summed E-state index contributed by atoms with van der Waals surface area (Å²) in [6.07, 6.45) is 0.459. The number of hydrazine groups is 1. The number of fused-ring (bicyclic) bond motifs is 1. The van der Waals surface area contributed by atoms with Crippen LogP contribution in [0.5, 0.6) is 5.75 Å². The van der Waals surface area contributed by atoms with Crippen molar-refractivity contribution in [2.45, 2.75) is 12.5 Å². The number of sulfone groups is 1. The van der Waals surface area contributed by atoms with Crippen molar-refractivity contribution in [1.82, 2.24) is 10.0 Å². The predicted molar refractivity (Wildman–Crippen MR) is 97.0 cm³/mol. The molecule has 6 nitrogen and oxygen atoms in total. The van der Waals surface area contributed by atoms with Crippen molar-refractivity contribution in [3.63, 3.8) is 0 Å². The van der Waals surface area contributed by atoms with Crippen molar-refractivity contribution in [2.75, 3.05) is 32.2 Å². The van der Waals surface area contributed by atoms with Crippen LogP contribution < -0.4 is 4.74 Å². The van der Waals surface area contributed by atoms with Gasteiger partial charge in [0, 0.05) is 19.5 Å². The zero-order valence-corrected chi connectivity index (χ0v) is 15.2. The first-order chi connectivity index (χ1) is 11.9. The average molecular weight is 362 g/mol.